The smallest absolute Gasteiger partial charge is 0.255 e. The molecule has 1 N–H and O–H groups in total. The largest absolute Gasteiger partial charge is 0.371 e. The molecule has 4 rings (SSSR count). The lowest BCUT2D eigenvalue weighted by Crippen LogP contribution is -2.32. The summed E-state index contributed by atoms with van der Waals surface area (Å²) in [4.78, 5) is 17.6. The first-order chi connectivity index (χ1) is 13.3. The maximum Gasteiger partial charge on any atom is 0.255 e. The maximum absolute atomic E-state index is 12.7. The molecule has 0 saturated carbocycles. The van der Waals surface area contributed by atoms with E-state index in [0.29, 0.717) is 5.56 Å². The topological polar surface area (TPSA) is 35.6 Å². The molecule has 2 aliphatic heterocycles. The van der Waals surface area contributed by atoms with E-state index < -0.39 is 0 Å². The molecular weight excluding hydrogens is 334 g/mol. The van der Waals surface area contributed by atoms with Crippen molar-refractivity contribution in [3.63, 3.8) is 0 Å². The zero-order valence-electron chi connectivity index (χ0n) is 16.0. The van der Waals surface area contributed by atoms with E-state index in [9.17, 15) is 4.79 Å². The Morgan fingerprint density at radius 2 is 1.37 bits per heavy atom. The van der Waals surface area contributed by atoms with Gasteiger partial charge in [0.2, 0.25) is 0 Å². The summed E-state index contributed by atoms with van der Waals surface area (Å²) in [5.41, 5.74) is 4.07. The average molecular weight is 364 g/mol. The summed E-state index contributed by atoms with van der Waals surface area (Å²) in [6.07, 6.45) is 7.62. The van der Waals surface area contributed by atoms with Gasteiger partial charge in [-0.3, -0.25) is 4.79 Å². The van der Waals surface area contributed by atoms with Crippen molar-refractivity contribution in [1.82, 2.24) is 0 Å². The molecule has 2 saturated heterocycles. The molecule has 2 aliphatic rings. The van der Waals surface area contributed by atoms with E-state index in [4.69, 9.17) is 0 Å². The van der Waals surface area contributed by atoms with Crippen LogP contribution in [0, 0.1) is 0 Å². The molecule has 27 heavy (non-hydrogen) atoms. The lowest BCUT2D eigenvalue weighted by atomic mass is 10.1. The summed E-state index contributed by atoms with van der Waals surface area (Å²) in [6.45, 7) is 4.40. The number of nitrogens with one attached hydrogen (secondary N) is 1. The van der Waals surface area contributed by atoms with Gasteiger partial charge in [-0.2, -0.15) is 0 Å². The third-order valence-electron chi connectivity index (χ3n) is 5.68. The Morgan fingerprint density at radius 3 is 2.04 bits per heavy atom. The van der Waals surface area contributed by atoms with E-state index >= 15 is 0 Å². The maximum atomic E-state index is 12.7. The van der Waals surface area contributed by atoms with Crippen molar-refractivity contribution < 1.29 is 4.79 Å². The van der Waals surface area contributed by atoms with E-state index in [0.717, 1.165) is 31.9 Å². The second-order valence-electron chi connectivity index (χ2n) is 7.62. The van der Waals surface area contributed by atoms with Crippen LogP contribution < -0.4 is 15.1 Å². The van der Waals surface area contributed by atoms with E-state index in [1.165, 1.54) is 49.9 Å². The minimum atomic E-state index is -0.0421. The minimum absolute atomic E-state index is 0.0421. The third-order valence-corrected chi connectivity index (χ3v) is 5.68. The first-order valence-corrected chi connectivity index (χ1v) is 10.3. The highest BCUT2D eigenvalue weighted by molar-refractivity contribution is 6.06. The van der Waals surface area contributed by atoms with Crippen molar-refractivity contribution in [1.29, 1.82) is 0 Å². The number of hydrogen-bond donors (Lipinski definition) is 1. The summed E-state index contributed by atoms with van der Waals surface area (Å²) in [6, 6.07) is 16.0. The number of benzene rings is 2. The van der Waals surface area contributed by atoms with Gasteiger partial charge < -0.3 is 15.1 Å². The van der Waals surface area contributed by atoms with Crippen molar-refractivity contribution in [2.75, 3.05) is 41.3 Å². The Hall–Kier alpha value is -2.49. The van der Waals surface area contributed by atoms with Crippen molar-refractivity contribution in [2.45, 2.75) is 38.5 Å². The van der Waals surface area contributed by atoms with Gasteiger partial charge in [-0.25, -0.2) is 0 Å². The van der Waals surface area contributed by atoms with Crippen LogP contribution in [0.5, 0.6) is 0 Å². The van der Waals surface area contributed by atoms with E-state index in [1.54, 1.807) is 0 Å². The van der Waals surface area contributed by atoms with Crippen LogP contribution in [-0.2, 0) is 0 Å². The highest BCUT2D eigenvalue weighted by Crippen LogP contribution is 2.34. The van der Waals surface area contributed by atoms with Gasteiger partial charge >= 0.3 is 0 Å². The van der Waals surface area contributed by atoms with E-state index in [-0.39, 0.29) is 5.91 Å². The van der Waals surface area contributed by atoms with Crippen LogP contribution in [-0.4, -0.2) is 32.1 Å². The number of hydrogen-bond acceptors (Lipinski definition) is 3. The van der Waals surface area contributed by atoms with Crippen LogP contribution in [0.3, 0.4) is 0 Å². The molecule has 2 aromatic carbocycles. The zero-order valence-corrected chi connectivity index (χ0v) is 16.0. The molecule has 4 heteroatoms. The molecule has 0 aliphatic carbocycles. The van der Waals surface area contributed by atoms with Gasteiger partial charge in [-0.1, -0.05) is 18.2 Å². The Morgan fingerprint density at radius 1 is 0.741 bits per heavy atom. The number of amides is 1. The van der Waals surface area contributed by atoms with Crippen LogP contribution in [0.15, 0.2) is 48.5 Å². The lowest BCUT2D eigenvalue weighted by molar-refractivity contribution is 0.102. The summed E-state index contributed by atoms with van der Waals surface area (Å²) < 4.78 is 0. The number of rotatable bonds is 4. The molecule has 1 amide bonds. The second kappa shape index (κ2) is 8.47. The minimum Gasteiger partial charge on any atom is -0.371 e. The third kappa shape index (κ3) is 4.26. The van der Waals surface area contributed by atoms with Gasteiger partial charge in [0, 0.05) is 37.4 Å². The molecule has 0 spiro atoms. The van der Waals surface area contributed by atoms with Crippen molar-refractivity contribution in [3.8, 4) is 0 Å². The number of carbonyl (C=O) groups excluding carboxylic acids is 1. The molecule has 0 aromatic heterocycles. The van der Waals surface area contributed by atoms with E-state index in [2.05, 4.69) is 33.3 Å². The zero-order chi connectivity index (χ0) is 18.5. The summed E-state index contributed by atoms with van der Waals surface area (Å²) in [5, 5.41) is 3.16. The highest BCUT2D eigenvalue weighted by Gasteiger charge is 2.19. The van der Waals surface area contributed by atoms with Crippen LogP contribution in [0.2, 0.25) is 0 Å². The van der Waals surface area contributed by atoms with Crippen LogP contribution in [0.1, 0.15) is 48.9 Å². The summed E-state index contributed by atoms with van der Waals surface area (Å²) in [5.74, 6) is -0.0421. The lowest BCUT2D eigenvalue weighted by Gasteiger charge is -2.33. The fourth-order valence-electron chi connectivity index (χ4n) is 4.15. The first kappa shape index (κ1) is 17.9. The molecule has 0 atom stereocenters. The van der Waals surface area contributed by atoms with Gasteiger partial charge in [0.15, 0.2) is 0 Å². The predicted octanol–water partition coefficient (Wildman–Crippen LogP) is 4.92. The monoisotopic (exact) mass is 363 g/mol. The SMILES string of the molecule is O=C(Nc1ccc(N2CCCCC2)cc1N1CCCCC1)c1ccccc1. The molecule has 0 unspecified atom stereocenters. The quantitative estimate of drug-likeness (QED) is 0.837. The molecule has 4 nitrogen and oxygen atoms in total. The number of nitrogens with zero attached hydrogens (tertiary/aromatic N) is 2. The van der Waals surface area contributed by atoms with Gasteiger partial charge in [-0.05, 0) is 68.9 Å². The Bertz CT molecular complexity index is 762. The number of anilines is 3. The van der Waals surface area contributed by atoms with Crippen molar-refractivity contribution >= 4 is 23.0 Å². The van der Waals surface area contributed by atoms with Crippen LogP contribution in [0.4, 0.5) is 17.1 Å². The fraction of sp³-hybridized carbons (Fsp3) is 0.435. The molecule has 0 radical (unpaired) electrons. The molecule has 2 fully saturated rings. The Kier molecular flexibility index (Phi) is 5.61. The number of carbonyl (C=O) groups is 1. The Balaban J connectivity index is 1.61. The van der Waals surface area contributed by atoms with Crippen LogP contribution >= 0.6 is 0 Å². The summed E-state index contributed by atoms with van der Waals surface area (Å²) >= 11 is 0. The summed E-state index contributed by atoms with van der Waals surface area (Å²) in [7, 11) is 0. The van der Waals surface area contributed by atoms with Gasteiger partial charge in [0.25, 0.3) is 5.91 Å². The number of piperidine rings is 2. The predicted molar refractivity (Wildman–Crippen MR) is 113 cm³/mol. The van der Waals surface area contributed by atoms with Crippen molar-refractivity contribution in [2.24, 2.45) is 0 Å². The average Bonchev–Trinajstić information content (AvgIpc) is 2.76. The van der Waals surface area contributed by atoms with Gasteiger partial charge in [0.05, 0.1) is 11.4 Å². The normalized spacial score (nSPS) is 17.6. The molecule has 142 valence electrons. The second-order valence-corrected chi connectivity index (χ2v) is 7.62. The molecular formula is C23H29N3O. The fourth-order valence-corrected chi connectivity index (χ4v) is 4.15. The first-order valence-electron chi connectivity index (χ1n) is 10.3. The highest BCUT2D eigenvalue weighted by atomic mass is 16.1. The van der Waals surface area contributed by atoms with Crippen molar-refractivity contribution in [3.05, 3.63) is 54.1 Å². The molecule has 0 bridgehead atoms. The van der Waals surface area contributed by atoms with Gasteiger partial charge in [0.1, 0.15) is 0 Å². The molecule has 2 aromatic rings. The Labute approximate surface area is 162 Å². The van der Waals surface area contributed by atoms with E-state index in [1.807, 2.05) is 30.3 Å². The van der Waals surface area contributed by atoms with Crippen LogP contribution in [0.25, 0.3) is 0 Å². The standard InChI is InChI=1S/C23H29N3O/c27-23(19-10-4-1-5-11-19)24-21-13-12-20(25-14-6-2-7-15-25)18-22(21)26-16-8-3-9-17-26/h1,4-5,10-13,18H,2-3,6-9,14-17H2,(H,24,27). The van der Waals surface area contributed by atoms with Gasteiger partial charge in [-0.15, -0.1) is 0 Å². The molecule has 2 heterocycles.